The van der Waals surface area contributed by atoms with Crippen molar-refractivity contribution in [3.8, 4) is 11.5 Å². The maximum atomic E-state index is 9.69. The molecule has 0 saturated heterocycles. The zero-order valence-electron chi connectivity index (χ0n) is 11.7. The van der Waals surface area contributed by atoms with Crippen molar-refractivity contribution in [2.45, 2.75) is 31.9 Å². The molecule has 3 N–H and O–H groups in total. The van der Waals surface area contributed by atoms with Crippen LogP contribution in [0.25, 0.3) is 0 Å². The standard InChI is InChI=1S/C17H21NO2/c1-13(18)17(19)12-9-14-7-10-16(11-8-14)20-15-5-3-2-4-6-15/h2-8,10-11,13,17,19H,9,12,18H2,1H3. The van der Waals surface area contributed by atoms with Gasteiger partial charge in [-0.3, -0.25) is 0 Å². The zero-order chi connectivity index (χ0) is 14.4. The largest absolute Gasteiger partial charge is 0.457 e. The fourth-order valence-electron chi connectivity index (χ4n) is 1.93. The van der Waals surface area contributed by atoms with Crippen molar-refractivity contribution in [2.24, 2.45) is 5.73 Å². The minimum atomic E-state index is -0.449. The number of para-hydroxylation sites is 1. The molecule has 0 bridgehead atoms. The molecule has 0 aliphatic heterocycles. The van der Waals surface area contributed by atoms with Crippen molar-refractivity contribution in [2.75, 3.05) is 0 Å². The SMILES string of the molecule is CC(N)C(O)CCc1ccc(Oc2ccccc2)cc1. The minimum absolute atomic E-state index is 0.185. The highest BCUT2D eigenvalue weighted by Gasteiger charge is 2.09. The summed E-state index contributed by atoms with van der Waals surface area (Å²) in [6.07, 6.45) is 1.04. The van der Waals surface area contributed by atoms with Crippen LogP contribution in [0.15, 0.2) is 54.6 Å². The van der Waals surface area contributed by atoms with Gasteiger partial charge < -0.3 is 15.6 Å². The molecule has 3 heteroatoms. The van der Waals surface area contributed by atoms with Crippen molar-refractivity contribution in [1.29, 1.82) is 0 Å². The molecule has 0 radical (unpaired) electrons. The molecule has 2 aromatic rings. The Morgan fingerprint density at radius 1 is 1.00 bits per heavy atom. The van der Waals surface area contributed by atoms with Crippen LogP contribution in [0.4, 0.5) is 0 Å². The van der Waals surface area contributed by atoms with Gasteiger partial charge in [0.1, 0.15) is 11.5 Å². The molecule has 2 atom stereocenters. The summed E-state index contributed by atoms with van der Waals surface area (Å²) in [6.45, 7) is 1.82. The number of hydrogen-bond donors (Lipinski definition) is 2. The van der Waals surface area contributed by atoms with Gasteiger partial charge in [-0.15, -0.1) is 0 Å². The first kappa shape index (κ1) is 14.6. The zero-order valence-corrected chi connectivity index (χ0v) is 11.7. The number of benzene rings is 2. The summed E-state index contributed by atoms with van der Waals surface area (Å²) in [4.78, 5) is 0. The lowest BCUT2D eigenvalue weighted by atomic mass is 10.0. The van der Waals surface area contributed by atoms with Crippen molar-refractivity contribution in [3.63, 3.8) is 0 Å². The highest BCUT2D eigenvalue weighted by molar-refractivity contribution is 5.32. The number of aliphatic hydroxyl groups excluding tert-OH is 1. The smallest absolute Gasteiger partial charge is 0.127 e. The summed E-state index contributed by atoms with van der Waals surface area (Å²) in [5.41, 5.74) is 6.81. The van der Waals surface area contributed by atoms with E-state index < -0.39 is 6.10 Å². The summed E-state index contributed by atoms with van der Waals surface area (Å²) >= 11 is 0. The lowest BCUT2D eigenvalue weighted by Crippen LogP contribution is -2.31. The van der Waals surface area contributed by atoms with E-state index in [1.165, 1.54) is 5.56 Å². The summed E-state index contributed by atoms with van der Waals surface area (Å²) in [5.74, 6) is 1.64. The van der Waals surface area contributed by atoms with Crippen LogP contribution in [0.1, 0.15) is 18.9 Å². The Morgan fingerprint density at radius 3 is 2.20 bits per heavy atom. The first-order valence-corrected chi connectivity index (χ1v) is 6.90. The van der Waals surface area contributed by atoms with E-state index in [1.807, 2.05) is 61.5 Å². The van der Waals surface area contributed by atoms with Crippen LogP contribution in [-0.2, 0) is 6.42 Å². The molecule has 0 aromatic heterocycles. The fraction of sp³-hybridized carbons (Fsp3) is 0.294. The van der Waals surface area contributed by atoms with Gasteiger partial charge in [-0.2, -0.15) is 0 Å². The Labute approximate surface area is 120 Å². The molecule has 0 aliphatic rings. The van der Waals surface area contributed by atoms with E-state index >= 15 is 0 Å². The van der Waals surface area contributed by atoms with E-state index in [1.54, 1.807) is 0 Å². The second kappa shape index (κ2) is 7.08. The van der Waals surface area contributed by atoms with Gasteiger partial charge >= 0.3 is 0 Å². The molecule has 0 fully saturated rings. The van der Waals surface area contributed by atoms with Crippen LogP contribution in [0, 0.1) is 0 Å². The third-order valence-corrected chi connectivity index (χ3v) is 3.24. The number of nitrogens with two attached hydrogens (primary N) is 1. The van der Waals surface area contributed by atoms with E-state index in [2.05, 4.69) is 0 Å². The minimum Gasteiger partial charge on any atom is -0.457 e. The van der Waals surface area contributed by atoms with Gasteiger partial charge in [0.05, 0.1) is 6.10 Å². The van der Waals surface area contributed by atoms with Crippen LogP contribution in [0.2, 0.25) is 0 Å². The lowest BCUT2D eigenvalue weighted by Gasteiger charge is -2.14. The average Bonchev–Trinajstić information content (AvgIpc) is 2.47. The maximum Gasteiger partial charge on any atom is 0.127 e. The van der Waals surface area contributed by atoms with Gasteiger partial charge in [-0.25, -0.2) is 0 Å². The molecule has 2 unspecified atom stereocenters. The van der Waals surface area contributed by atoms with Crippen LogP contribution in [0.3, 0.4) is 0 Å². The molecule has 3 nitrogen and oxygen atoms in total. The molecule has 0 heterocycles. The highest BCUT2D eigenvalue weighted by Crippen LogP contribution is 2.21. The molecule has 2 aromatic carbocycles. The van der Waals surface area contributed by atoms with Gasteiger partial charge in [0.15, 0.2) is 0 Å². The number of rotatable bonds is 6. The summed E-state index contributed by atoms with van der Waals surface area (Å²) in [7, 11) is 0. The molecule has 106 valence electrons. The van der Waals surface area contributed by atoms with Gasteiger partial charge in [0, 0.05) is 6.04 Å². The number of hydrogen-bond acceptors (Lipinski definition) is 3. The van der Waals surface area contributed by atoms with E-state index in [4.69, 9.17) is 10.5 Å². The first-order chi connectivity index (χ1) is 9.65. The Balaban J connectivity index is 1.90. The first-order valence-electron chi connectivity index (χ1n) is 6.90. The van der Waals surface area contributed by atoms with Crippen molar-refractivity contribution >= 4 is 0 Å². The van der Waals surface area contributed by atoms with Crippen LogP contribution in [0.5, 0.6) is 11.5 Å². The molecular formula is C17H21NO2. The van der Waals surface area contributed by atoms with Gasteiger partial charge in [0.25, 0.3) is 0 Å². The molecular weight excluding hydrogens is 250 g/mol. The van der Waals surface area contributed by atoms with Gasteiger partial charge in [0.2, 0.25) is 0 Å². The molecule has 2 rings (SSSR count). The Hall–Kier alpha value is -1.84. The van der Waals surface area contributed by atoms with Crippen molar-refractivity contribution in [3.05, 3.63) is 60.2 Å². The summed E-state index contributed by atoms with van der Waals surface area (Å²) in [6, 6.07) is 17.4. The molecule has 0 aliphatic carbocycles. The van der Waals surface area contributed by atoms with E-state index in [0.29, 0.717) is 6.42 Å². The van der Waals surface area contributed by atoms with Crippen LogP contribution in [-0.4, -0.2) is 17.3 Å². The fourth-order valence-corrected chi connectivity index (χ4v) is 1.93. The Bertz CT molecular complexity index is 508. The maximum absolute atomic E-state index is 9.69. The molecule has 0 amide bonds. The Morgan fingerprint density at radius 2 is 1.60 bits per heavy atom. The second-order valence-electron chi connectivity index (χ2n) is 5.02. The topological polar surface area (TPSA) is 55.5 Å². The molecule has 20 heavy (non-hydrogen) atoms. The Kier molecular flexibility index (Phi) is 5.16. The van der Waals surface area contributed by atoms with Crippen LogP contribution < -0.4 is 10.5 Å². The predicted molar refractivity (Wildman–Crippen MR) is 80.9 cm³/mol. The normalized spacial score (nSPS) is 13.8. The number of aliphatic hydroxyl groups is 1. The van der Waals surface area contributed by atoms with Crippen molar-refractivity contribution in [1.82, 2.24) is 0 Å². The third kappa shape index (κ3) is 4.37. The van der Waals surface area contributed by atoms with Gasteiger partial charge in [-0.05, 0) is 49.6 Å². The predicted octanol–water partition coefficient (Wildman–Crippen LogP) is 3.12. The van der Waals surface area contributed by atoms with Crippen molar-refractivity contribution < 1.29 is 9.84 Å². The highest BCUT2D eigenvalue weighted by atomic mass is 16.5. The third-order valence-electron chi connectivity index (χ3n) is 3.24. The van der Waals surface area contributed by atoms with E-state index in [0.717, 1.165) is 17.9 Å². The lowest BCUT2D eigenvalue weighted by molar-refractivity contribution is 0.141. The second-order valence-corrected chi connectivity index (χ2v) is 5.02. The average molecular weight is 271 g/mol. The number of ether oxygens (including phenoxy) is 1. The monoisotopic (exact) mass is 271 g/mol. The molecule has 0 spiro atoms. The van der Waals surface area contributed by atoms with E-state index in [9.17, 15) is 5.11 Å². The summed E-state index contributed by atoms with van der Waals surface area (Å²) < 4.78 is 5.73. The summed E-state index contributed by atoms with van der Waals surface area (Å²) in [5, 5.41) is 9.69. The number of aryl methyl sites for hydroxylation is 1. The molecule has 0 saturated carbocycles. The van der Waals surface area contributed by atoms with E-state index in [-0.39, 0.29) is 6.04 Å². The quantitative estimate of drug-likeness (QED) is 0.848. The van der Waals surface area contributed by atoms with Crippen LogP contribution >= 0.6 is 0 Å². The van der Waals surface area contributed by atoms with Gasteiger partial charge in [-0.1, -0.05) is 30.3 Å².